The number of hydrogen-bond donors (Lipinski definition) is 1. The zero-order chi connectivity index (χ0) is 18.4. The molecule has 0 rings (SSSR count). The molecule has 2 nitrogen and oxygen atoms in total. The molecule has 0 amide bonds. The predicted octanol–water partition coefficient (Wildman–Crippen LogP) is 6.77. The molecule has 0 saturated heterocycles. The lowest BCUT2D eigenvalue weighted by atomic mass is 10.0. The molecule has 0 fully saturated rings. The van der Waals surface area contributed by atoms with E-state index in [0.717, 1.165) is 30.8 Å². The molecular weight excluding hydrogens is 328 g/mol. The summed E-state index contributed by atoms with van der Waals surface area (Å²) in [5.74, 6) is 1.64. The van der Waals surface area contributed by atoms with Crippen LogP contribution in [-0.4, -0.2) is 27.4 Å². The number of aliphatic hydroxyl groups excluding tert-OH is 1. The van der Waals surface area contributed by atoms with Crippen molar-refractivity contribution in [2.75, 3.05) is 18.1 Å². The van der Waals surface area contributed by atoms with E-state index >= 15 is 0 Å². The Balaban J connectivity index is 3.06. The second-order valence-corrected chi connectivity index (χ2v) is 9.28. The summed E-state index contributed by atoms with van der Waals surface area (Å²) in [5.41, 5.74) is 0. The molecule has 0 aromatic rings. The van der Waals surface area contributed by atoms with Gasteiger partial charge in [-0.05, 0) is 19.3 Å². The highest BCUT2D eigenvalue weighted by Gasteiger charge is 2.00. The van der Waals surface area contributed by atoms with Gasteiger partial charge in [0.25, 0.3) is 0 Å². The molecule has 1 N–H and O–H groups in total. The van der Waals surface area contributed by atoms with Gasteiger partial charge >= 0.3 is 0 Å². The topological polar surface area (TPSA) is 37.3 Å². The lowest BCUT2D eigenvalue weighted by Gasteiger charge is -2.04. The monoisotopic (exact) mass is 374 g/mol. The van der Waals surface area contributed by atoms with Crippen LogP contribution >= 0.6 is 0 Å². The molecule has 0 aromatic carbocycles. The number of hydrogen-bond acceptors (Lipinski definition) is 2. The summed E-state index contributed by atoms with van der Waals surface area (Å²) in [6.07, 6.45) is 23.8. The summed E-state index contributed by atoms with van der Waals surface area (Å²) in [4.78, 5) is 0. The van der Waals surface area contributed by atoms with Gasteiger partial charge < -0.3 is 5.11 Å². The second-order valence-electron chi connectivity index (χ2n) is 7.58. The molecule has 0 radical (unpaired) electrons. The molecule has 0 aliphatic heterocycles. The van der Waals surface area contributed by atoms with Gasteiger partial charge in [-0.25, -0.2) is 0 Å². The van der Waals surface area contributed by atoms with E-state index in [0.29, 0.717) is 0 Å². The van der Waals surface area contributed by atoms with E-state index in [1.165, 1.54) is 96.3 Å². The quantitative estimate of drug-likeness (QED) is 0.225. The maximum Gasteiger partial charge on any atom is 0.0431 e. The first kappa shape index (κ1) is 25.1. The maximum absolute atomic E-state index is 11.7. The van der Waals surface area contributed by atoms with Gasteiger partial charge in [-0.3, -0.25) is 4.21 Å². The average molecular weight is 375 g/mol. The third-order valence-corrected chi connectivity index (χ3v) is 6.49. The molecular formula is C22H46O2S. The second kappa shape index (κ2) is 22.2. The number of aliphatic hydroxyl groups is 1. The molecule has 1 atom stereocenters. The van der Waals surface area contributed by atoms with Gasteiger partial charge in [0.2, 0.25) is 0 Å². The molecule has 0 aromatic heterocycles. The van der Waals surface area contributed by atoms with Gasteiger partial charge in [-0.15, -0.1) is 0 Å². The largest absolute Gasteiger partial charge is 0.396 e. The van der Waals surface area contributed by atoms with E-state index in [4.69, 9.17) is 5.11 Å². The van der Waals surface area contributed by atoms with Crippen LogP contribution in [-0.2, 0) is 10.8 Å². The lowest BCUT2D eigenvalue weighted by Crippen LogP contribution is -2.03. The Morgan fingerprint density at radius 1 is 0.520 bits per heavy atom. The summed E-state index contributed by atoms with van der Waals surface area (Å²) in [5, 5.41) is 8.70. The Morgan fingerprint density at radius 3 is 1.20 bits per heavy atom. The third-order valence-electron chi connectivity index (χ3n) is 5.01. The molecule has 0 aliphatic rings. The first-order valence-electron chi connectivity index (χ1n) is 11.3. The fraction of sp³-hybridized carbons (Fsp3) is 1.00. The van der Waals surface area contributed by atoms with Crippen LogP contribution in [0.2, 0.25) is 0 Å². The van der Waals surface area contributed by atoms with Crippen molar-refractivity contribution in [2.24, 2.45) is 0 Å². The summed E-state index contributed by atoms with van der Waals surface area (Å²) in [6.45, 7) is 2.51. The van der Waals surface area contributed by atoms with Crippen LogP contribution < -0.4 is 0 Å². The van der Waals surface area contributed by atoms with Gasteiger partial charge in [0.15, 0.2) is 0 Å². The molecule has 0 saturated carbocycles. The van der Waals surface area contributed by atoms with Crippen molar-refractivity contribution in [3.05, 3.63) is 0 Å². The van der Waals surface area contributed by atoms with Crippen molar-refractivity contribution >= 4 is 10.8 Å². The minimum Gasteiger partial charge on any atom is -0.396 e. The summed E-state index contributed by atoms with van der Waals surface area (Å²) >= 11 is 0. The summed E-state index contributed by atoms with van der Waals surface area (Å²) in [6, 6.07) is 0. The van der Waals surface area contributed by atoms with Crippen molar-refractivity contribution in [2.45, 2.75) is 122 Å². The zero-order valence-electron chi connectivity index (χ0n) is 17.1. The van der Waals surface area contributed by atoms with Crippen LogP contribution in [0.15, 0.2) is 0 Å². The van der Waals surface area contributed by atoms with Crippen molar-refractivity contribution < 1.29 is 9.32 Å². The van der Waals surface area contributed by atoms with Crippen LogP contribution in [0.25, 0.3) is 0 Å². The standard InChI is InChI=1S/C22H46O2S/c1-2-3-4-5-6-7-8-9-10-11-12-13-14-15-16-18-21-25(24)22-19-17-20-23/h23H,2-22H2,1H3. The minimum absolute atomic E-state index is 0.232. The fourth-order valence-electron chi connectivity index (χ4n) is 3.29. The molecule has 0 heterocycles. The molecule has 0 bridgehead atoms. The highest BCUT2D eigenvalue weighted by Crippen LogP contribution is 2.13. The van der Waals surface area contributed by atoms with Gasteiger partial charge in [-0.2, -0.15) is 0 Å². The van der Waals surface area contributed by atoms with Gasteiger partial charge in [0.05, 0.1) is 0 Å². The first-order valence-corrected chi connectivity index (χ1v) is 12.8. The SMILES string of the molecule is CCCCCCCCCCCCCCCCCCS(=O)CCCCO. The van der Waals surface area contributed by atoms with E-state index in [2.05, 4.69) is 6.92 Å². The Hall–Kier alpha value is 0.110. The number of unbranched alkanes of at least 4 members (excludes halogenated alkanes) is 16. The van der Waals surface area contributed by atoms with Gasteiger partial charge in [0.1, 0.15) is 0 Å². The Kier molecular flexibility index (Phi) is 22.2. The molecule has 152 valence electrons. The number of rotatable bonds is 21. The molecule has 1 unspecified atom stereocenters. The van der Waals surface area contributed by atoms with Crippen molar-refractivity contribution in [3.63, 3.8) is 0 Å². The average Bonchev–Trinajstić information content (AvgIpc) is 2.61. The Morgan fingerprint density at radius 2 is 0.840 bits per heavy atom. The van der Waals surface area contributed by atoms with Crippen LogP contribution in [0.4, 0.5) is 0 Å². The zero-order valence-corrected chi connectivity index (χ0v) is 17.9. The van der Waals surface area contributed by atoms with E-state index in [1.54, 1.807) is 0 Å². The van der Waals surface area contributed by atoms with Crippen LogP contribution in [0.1, 0.15) is 122 Å². The Bertz CT molecular complexity index is 269. The minimum atomic E-state index is -0.650. The third kappa shape index (κ3) is 22.1. The maximum atomic E-state index is 11.7. The first-order chi connectivity index (χ1) is 12.3. The van der Waals surface area contributed by atoms with E-state index in [9.17, 15) is 4.21 Å². The molecule has 3 heteroatoms. The van der Waals surface area contributed by atoms with Gasteiger partial charge in [0, 0.05) is 28.9 Å². The van der Waals surface area contributed by atoms with E-state index in [1.807, 2.05) is 0 Å². The van der Waals surface area contributed by atoms with Crippen LogP contribution in [0.5, 0.6) is 0 Å². The van der Waals surface area contributed by atoms with Crippen LogP contribution in [0, 0.1) is 0 Å². The smallest absolute Gasteiger partial charge is 0.0431 e. The van der Waals surface area contributed by atoms with Crippen molar-refractivity contribution in [1.29, 1.82) is 0 Å². The predicted molar refractivity (Wildman–Crippen MR) is 114 cm³/mol. The van der Waals surface area contributed by atoms with E-state index in [-0.39, 0.29) is 6.61 Å². The van der Waals surface area contributed by atoms with Crippen molar-refractivity contribution in [1.82, 2.24) is 0 Å². The normalized spacial score (nSPS) is 12.6. The van der Waals surface area contributed by atoms with E-state index < -0.39 is 10.8 Å². The Labute approximate surface area is 161 Å². The van der Waals surface area contributed by atoms with Gasteiger partial charge in [-0.1, -0.05) is 103 Å². The fourth-order valence-corrected chi connectivity index (χ4v) is 4.54. The highest BCUT2D eigenvalue weighted by molar-refractivity contribution is 7.84. The molecule has 0 spiro atoms. The molecule has 25 heavy (non-hydrogen) atoms. The summed E-state index contributed by atoms with van der Waals surface area (Å²) < 4.78 is 11.7. The summed E-state index contributed by atoms with van der Waals surface area (Å²) in [7, 11) is -0.650. The lowest BCUT2D eigenvalue weighted by molar-refractivity contribution is 0.287. The van der Waals surface area contributed by atoms with Crippen molar-refractivity contribution in [3.8, 4) is 0 Å². The highest BCUT2D eigenvalue weighted by atomic mass is 32.2. The van der Waals surface area contributed by atoms with Crippen LogP contribution in [0.3, 0.4) is 0 Å². The molecule has 0 aliphatic carbocycles.